The third-order valence-corrected chi connectivity index (χ3v) is 2.70. The molecule has 0 radical (unpaired) electrons. The van der Waals surface area contributed by atoms with Crippen molar-refractivity contribution in [2.75, 3.05) is 32.4 Å². The van der Waals surface area contributed by atoms with Gasteiger partial charge in [0.25, 0.3) is 0 Å². The number of sulfonamides is 1. The molecule has 1 aliphatic rings. The first-order valence-corrected chi connectivity index (χ1v) is 5.62. The summed E-state index contributed by atoms with van der Waals surface area (Å²) in [5.74, 6) is -0.174. The Balaban J connectivity index is 2.44. The van der Waals surface area contributed by atoms with Gasteiger partial charge >= 0.3 is 6.03 Å². The van der Waals surface area contributed by atoms with Crippen LogP contribution in [0.2, 0.25) is 0 Å². The second kappa shape index (κ2) is 3.51. The summed E-state index contributed by atoms with van der Waals surface area (Å²) < 4.78 is 21.2. The van der Waals surface area contributed by atoms with Gasteiger partial charge in [0.1, 0.15) is 0 Å². The number of nitrogens with zero attached hydrogens (tertiary/aromatic N) is 2. The molecular formula is C6H13N3O3S. The summed E-state index contributed by atoms with van der Waals surface area (Å²) in [6.07, 6.45) is 0. The number of carbonyl (C=O) groups is 1. The van der Waals surface area contributed by atoms with Crippen molar-refractivity contribution in [2.45, 2.75) is 0 Å². The van der Waals surface area contributed by atoms with Crippen molar-refractivity contribution in [2.24, 2.45) is 5.14 Å². The number of rotatable bonds is 3. The van der Waals surface area contributed by atoms with Crippen LogP contribution in [-0.4, -0.2) is 56.7 Å². The van der Waals surface area contributed by atoms with E-state index in [2.05, 4.69) is 0 Å². The average molecular weight is 207 g/mol. The molecule has 1 rings (SSSR count). The molecule has 2 amide bonds. The van der Waals surface area contributed by atoms with Gasteiger partial charge in [0, 0.05) is 26.7 Å². The van der Waals surface area contributed by atoms with Crippen molar-refractivity contribution in [1.29, 1.82) is 0 Å². The smallest absolute Gasteiger partial charge is 0.319 e. The minimum absolute atomic E-state index is 0.136. The normalized spacial score (nSPS) is 18.5. The van der Waals surface area contributed by atoms with E-state index in [0.29, 0.717) is 13.1 Å². The van der Waals surface area contributed by atoms with Gasteiger partial charge in [0.2, 0.25) is 10.0 Å². The number of hydrogen-bond donors (Lipinski definition) is 1. The highest BCUT2D eigenvalue weighted by Crippen LogP contribution is 2.04. The van der Waals surface area contributed by atoms with E-state index in [9.17, 15) is 13.2 Å². The third-order valence-electron chi connectivity index (χ3n) is 1.95. The van der Waals surface area contributed by atoms with Crippen LogP contribution in [-0.2, 0) is 10.0 Å². The van der Waals surface area contributed by atoms with E-state index in [1.807, 2.05) is 0 Å². The quantitative estimate of drug-likeness (QED) is 0.620. The van der Waals surface area contributed by atoms with Crippen LogP contribution in [0.15, 0.2) is 0 Å². The molecule has 0 spiro atoms. The van der Waals surface area contributed by atoms with Crippen molar-refractivity contribution in [1.82, 2.24) is 9.80 Å². The monoisotopic (exact) mass is 207 g/mol. The molecule has 7 heteroatoms. The molecule has 1 saturated heterocycles. The Hall–Kier alpha value is -0.820. The molecule has 6 nitrogen and oxygen atoms in total. The van der Waals surface area contributed by atoms with Gasteiger partial charge in [-0.2, -0.15) is 0 Å². The molecule has 2 N–H and O–H groups in total. The lowest BCUT2D eigenvalue weighted by Crippen LogP contribution is -2.34. The largest absolute Gasteiger partial charge is 0.326 e. The predicted octanol–water partition coefficient (Wildman–Crippen LogP) is -1.36. The number of amides is 2. The Bertz CT molecular complexity index is 300. The molecule has 0 saturated carbocycles. The summed E-state index contributed by atoms with van der Waals surface area (Å²) in [4.78, 5) is 14.3. The van der Waals surface area contributed by atoms with E-state index in [-0.39, 0.29) is 18.3 Å². The number of nitrogens with two attached hydrogens (primary N) is 1. The van der Waals surface area contributed by atoms with E-state index < -0.39 is 10.0 Å². The van der Waals surface area contributed by atoms with E-state index >= 15 is 0 Å². The van der Waals surface area contributed by atoms with Crippen molar-refractivity contribution < 1.29 is 13.2 Å². The van der Waals surface area contributed by atoms with Gasteiger partial charge in [-0.05, 0) is 0 Å². The highest BCUT2D eigenvalue weighted by Gasteiger charge is 2.25. The topological polar surface area (TPSA) is 83.7 Å². The van der Waals surface area contributed by atoms with Crippen LogP contribution in [0.1, 0.15) is 0 Å². The maximum atomic E-state index is 11.2. The average Bonchev–Trinajstić information content (AvgIpc) is 2.29. The second-order valence-electron chi connectivity index (χ2n) is 3.06. The molecule has 1 aliphatic heterocycles. The van der Waals surface area contributed by atoms with Gasteiger partial charge in [-0.3, -0.25) is 0 Å². The standard InChI is InChI=1S/C6H13N3O3S/c1-8-2-3-9(6(8)10)4-5-13(7,11)12/h2-5H2,1H3,(H2,7,11,12). The van der Waals surface area contributed by atoms with Crippen LogP contribution in [0.3, 0.4) is 0 Å². The molecular weight excluding hydrogens is 194 g/mol. The molecule has 1 heterocycles. The van der Waals surface area contributed by atoms with Gasteiger partial charge in [0.15, 0.2) is 0 Å². The zero-order chi connectivity index (χ0) is 10.1. The van der Waals surface area contributed by atoms with E-state index in [1.54, 1.807) is 11.9 Å². The van der Waals surface area contributed by atoms with Gasteiger partial charge in [-0.1, -0.05) is 0 Å². The van der Waals surface area contributed by atoms with E-state index in [1.165, 1.54) is 4.90 Å². The van der Waals surface area contributed by atoms with Crippen LogP contribution < -0.4 is 5.14 Å². The number of carbonyl (C=O) groups excluding carboxylic acids is 1. The Labute approximate surface area is 77.3 Å². The van der Waals surface area contributed by atoms with Gasteiger partial charge < -0.3 is 9.80 Å². The first-order chi connectivity index (χ1) is 5.90. The summed E-state index contributed by atoms with van der Waals surface area (Å²) in [6, 6.07) is -0.136. The lowest BCUT2D eigenvalue weighted by atomic mass is 10.6. The van der Waals surface area contributed by atoms with Crippen molar-refractivity contribution in [3.63, 3.8) is 0 Å². The fourth-order valence-corrected chi connectivity index (χ4v) is 1.62. The van der Waals surface area contributed by atoms with Crippen LogP contribution in [0.25, 0.3) is 0 Å². The number of likely N-dealkylation sites (N-methyl/N-ethyl adjacent to an activating group) is 1. The molecule has 0 aromatic heterocycles. The third kappa shape index (κ3) is 2.85. The highest BCUT2D eigenvalue weighted by atomic mass is 32.2. The van der Waals surface area contributed by atoms with Crippen LogP contribution in [0.4, 0.5) is 4.79 Å². The minimum Gasteiger partial charge on any atom is -0.326 e. The second-order valence-corrected chi connectivity index (χ2v) is 4.79. The molecule has 76 valence electrons. The zero-order valence-corrected chi connectivity index (χ0v) is 8.25. The Kier molecular flexibility index (Phi) is 2.77. The zero-order valence-electron chi connectivity index (χ0n) is 7.43. The lowest BCUT2D eigenvalue weighted by Gasteiger charge is -2.14. The molecule has 0 bridgehead atoms. The minimum atomic E-state index is -3.46. The summed E-state index contributed by atoms with van der Waals surface area (Å²) in [5, 5.41) is 4.81. The highest BCUT2D eigenvalue weighted by molar-refractivity contribution is 7.89. The van der Waals surface area contributed by atoms with Gasteiger partial charge in [0.05, 0.1) is 5.75 Å². The maximum absolute atomic E-state index is 11.2. The number of hydrogen-bond acceptors (Lipinski definition) is 3. The lowest BCUT2D eigenvalue weighted by molar-refractivity contribution is 0.200. The molecule has 0 aliphatic carbocycles. The maximum Gasteiger partial charge on any atom is 0.319 e. The SMILES string of the molecule is CN1CCN(CCS(N)(=O)=O)C1=O. The molecule has 1 fully saturated rings. The van der Waals surface area contributed by atoms with Crippen LogP contribution >= 0.6 is 0 Å². The fraction of sp³-hybridized carbons (Fsp3) is 0.833. The van der Waals surface area contributed by atoms with E-state index in [4.69, 9.17) is 5.14 Å². The Morgan fingerprint density at radius 1 is 1.46 bits per heavy atom. The van der Waals surface area contributed by atoms with Gasteiger partial charge in [-0.15, -0.1) is 0 Å². The molecule has 0 unspecified atom stereocenters. The summed E-state index contributed by atoms with van der Waals surface area (Å²) in [7, 11) is -1.79. The van der Waals surface area contributed by atoms with E-state index in [0.717, 1.165) is 0 Å². The summed E-state index contributed by atoms with van der Waals surface area (Å²) in [6.45, 7) is 1.40. The van der Waals surface area contributed by atoms with Crippen molar-refractivity contribution >= 4 is 16.1 Å². The summed E-state index contributed by atoms with van der Waals surface area (Å²) >= 11 is 0. The van der Waals surface area contributed by atoms with Crippen LogP contribution in [0.5, 0.6) is 0 Å². The first-order valence-electron chi connectivity index (χ1n) is 3.90. The predicted molar refractivity (Wildman–Crippen MR) is 47.6 cm³/mol. The fourth-order valence-electron chi connectivity index (χ4n) is 1.15. The Morgan fingerprint density at radius 2 is 2.08 bits per heavy atom. The van der Waals surface area contributed by atoms with Gasteiger partial charge in [-0.25, -0.2) is 18.4 Å². The number of urea groups is 1. The molecule has 0 atom stereocenters. The van der Waals surface area contributed by atoms with Crippen molar-refractivity contribution in [3.05, 3.63) is 0 Å². The van der Waals surface area contributed by atoms with Crippen molar-refractivity contribution in [3.8, 4) is 0 Å². The molecule has 0 aromatic carbocycles. The Morgan fingerprint density at radius 3 is 2.46 bits per heavy atom. The first kappa shape index (κ1) is 10.3. The van der Waals surface area contributed by atoms with Crippen LogP contribution in [0, 0.1) is 0 Å². The number of primary sulfonamides is 1. The summed E-state index contributed by atoms with van der Waals surface area (Å²) in [5.41, 5.74) is 0. The molecule has 13 heavy (non-hydrogen) atoms. The molecule has 0 aromatic rings.